The molecule has 2 rings (SSSR count). The van der Waals surface area contributed by atoms with Crippen LogP contribution in [0.15, 0.2) is 18.2 Å². The molecule has 6 heteroatoms. The van der Waals surface area contributed by atoms with E-state index in [1.165, 1.54) is 5.56 Å². The first kappa shape index (κ1) is 22.5. The Morgan fingerprint density at radius 3 is 2.39 bits per heavy atom. The lowest BCUT2D eigenvalue weighted by molar-refractivity contribution is -0.124. The van der Waals surface area contributed by atoms with Crippen molar-refractivity contribution in [2.24, 2.45) is 11.8 Å². The van der Waals surface area contributed by atoms with Crippen LogP contribution in [0.5, 0.6) is 0 Å². The van der Waals surface area contributed by atoms with Crippen molar-refractivity contribution in [3.63, 3.8) is 0 Å². The van der Waals surface area contributed by atoms with Gasteiger partial charge in [-0.2, -0.15) is 0 Å². The van der Waals surface area contributed by atoms with Crippen molar-refractivity contribution in [1.29, 1.82) is 0 Å². The molecule has 1 aliphatic rings. The second-order valence-electron chi connectivity index (χ2n) is 8.16. The number of carbonyl (C=O) groups excluding carboxylic acids is 2. The number of imide groups is 1. The maximum Gasteiger partial charge on any atom is 0.324 e. The molecular formula is C22H34ClN3O2. The predicted molar refractivity (Wildman–Crippen MR) is 116 cm³/mol. The molecule has 0 spiro atoms. The van der Waals surface area contributed by atoms with Crippen molar-refractivity contribution in [3.8, 4) is 0 Å². The molecule has 1 fully saturated rings. The summed E-state index contributed by atoms with van der Waals surface area (Å²) in [5, 5.41) is 3.36. The lowest BCUT2D eigenvalue weighted by Gasteiger charge is -2.36. The van der Waals surface area contributed by atoms with Gasteiger partial charge in [0.05, 0.1) is 0 Å². The smallest absolute Gasteiger partial charge is 0.324 e. The number of benzene rings is 1. The van der Waals surface area contributed by atoms with E-state index in [-0.39, 0.29) is 17.9 Å². The quantitative estimate of drug-likeness (QED) is 0.702. The number of hydrogen-bond donors (Lipinski definition) is 1. The average molecular weight is 408 g/mol. The fourth-order valence-corrected chi connectivity index (χ4v) is 3.82. The Hall–Kier alpha value is -1.75. The molecule has 1 aliphatic heterocycles. The van der Waals surface area contributed by atoms with Gasteiger partial charge in [-0.05, 0) is 43.4 Å². The Bertz CT molecular complexity index is 670. The van der Waals surface area contributed by atoms with E-state index in [2.05, 4.69) is 37.9 Å². The van der Waals surface area contributed by atoms with Crippen molar-refractivity contribution < 1.29 is 9.59 Å². The maximum absolute atomic E-state index is 12.6. The van der Waals surface area contributed by atoms with E-state index in [0.717, 1.165) is 49.5 Å². The van der Waals surface area contributed by atoms with Crippen LogP contribution in [0.4, 0.5) is 10.5 Å². The molecule has 3 amide bonds. The molecule has 0 unspecified atom stereocenters. The average Bonchev–Trinajstić information content (AvgIpc) is 2.66. The van der Waals surface area contributed by atoms with E-state index in [4.69, 9.17) is 11.6 Å². The number of nitrogens with zero attached hydrogens (tertiary/aromatic N) is 2. The molecule has 0 radical (unpaired) electrons. The molecule has 28 heavy (non-hydrogen) atoms. The van der Waals surface area contributed by atoms with Gasteiger partial charge in [0.2, 0.25) is 5.91 Å². The molecule has 0 bridgehead atoms. The Labute approximate surface area is 174 Å². The van der Waals surface area contributed by atoms with Crippen molar-refractivity contribution >= 4 is 29.2 Å². The Morgan fingerprint density at radius 1 is 1.11 bits per heavy atom. The van der Waals surface area contributed by atoms with Gasteiger partial charge in [0.25, 0.3) is 0 Å². The minimum atomic E-state index is -0.266. The molecule has 1 saturated heterocycles. The van der Waals surface area contributed by atoms with Crippen LogP contribution >= 0.6 is 11.6 Å². The van der Waals surface area contributed by atoms with Crippen LogP contribution in [-0.2, 0) is 4.79 Å². The van der Waals surface area contributed by atoms with E-state index in [9.17, 15) is 9.59 Å². The van der Waals surface area contributed by atoms with E-state index >= 15 is 0 Å². The highest BCUT2D eigenvalue weighted by Crippen LogP contribution is 2.25. The first-order chi connectivity index (χ1) is 13.3. The summed E-state index contributed by atoms with van der Waals surface area (Å²) in [7, 11) is 0. The standard InChI is InChI=1S/C22H34ClN3O2/c1-5-6-18(9-7-16(2)3)21(27)24-22(28)26-13-11-25(12-14-26)20-15-19(23)10-8-17(20)4/h8,10,15-16,18H,5-7,9,11-14H2,1-4H3,(H,24,27,28)/t18-/m0/s1. The zero-order valence-corrected chi connectivity index (χ0v) is 18.4. The number of rotatable bonds is 7. The third-order valence-electron chi connectivity index (χ3n) is 5.41. The lowest BCUT2D eigenvalue weighted by Crippen LogP contribution is -2.53. The van der Waals surface area contributed by atoms with Gasteiger partial charge in [-0.1, -0.05) is 51.3 Å². The summed E-state index contributed by atoms with van der Waals surface area (Å²) in [5.41, 5.74) is 2.28. The van der Waals surface area contributed by atoms with Crippen LogP contribution in [0, 0.1) is 18.8 Å². The number of carbonyl (C=O) groups is 2. The molecular weight excluding hydrogens is 374 g/mol. The number of piperazine rings is 1. The summed E-state index contributed by atoms with van der Waals surface area (Å²) in [4.78, 5) is 29.1. The van der Waals surface area contributed by atoms with Crippen LogP contribution in [-0.4, -0.2) is 43.0 Å². The second kappa shape index (κ2) is 10.7. The number of amides is 3. The fraction of sp³-hybridized carbons (Fsp3) is 0.636. The van der Waals surface area contributed by atoms with Gasteiger partial charge in [0, 0.05) is 42.8 Å². The zero-order valence-electron chi connectivity index (χ0n) is 17.6. The van der Waals surface area contributed by atoms with Crippen molar-refractivity contribution in [1.82, 2.24) is 10.2 Å². The lowest BCUT2D eigenvalue weighted by atomic mass is 9.93. The molecule has 1 aromatic rings. The van der Waals surface area contributed by atoms with Crippen LogP contribution in [0.1, 0.15) is 52.0 Å². The summed E-state index contributed by atoms with van der Waals surface area (Å²) >= 11 is 6.13. The van der Waals surface area contributed by atoms with Gasteiger partial charge < -0.3 is 9.80 Å². The molecule has 1 atom stereocenters. The predicted octanol–water partition coefficient (Wildman–Crippen LogP) is 4.86. The van der Waals surface area contributed by atoms with E-state index in [0.29, 0.717) is 19.0 Å². The number of halogens is 1. The number of hydrogen-bond acceptors (Lipinski definition) is 3. The van der Waals surface area contributed by atoms with Crippen molar-refractivity contribution in [2.75, 3.05) is 31.1 Å². The molecule has 5 nitrogen and oxygen atoms in total. The van der Waals surface area contributed by atoms with Gasteiger partial charge in [0.15, 0.2) is 0 Å². The number of anilines is 1. The Kier molecular flexibility index (Phi) is 8.61. The van der Waals surface area contributed by atoms with E-state index in [1.54, 1.807) is 4.90 Å². The maximum atomic E-state index is 12.6. The van der Waals surface area contributed by atoms with Gasteiger partial charge in [0.1, 0.15) is 0 Å². The van der Waals surface area contributed by atoms with Crippen molar-refractivity contribution in [2.45, 2.75) is 53.4 Å². The third kappa shape index (κ3) is 6.40. The molecule has 1 heterocycles. The van der Waals surface area contributed by atoms with Gasteiger partial charge in [-0.25, -0.2) is 4.79 Å². The summed E-state index contributed by atoms with van der Waals surface area (Å²) < 4.78 is 0. The topological polar surface area (TPSA) is 52.7 Å². The highest BCUT2D eigenvalue weighted by Gasteiger charge is 2.26. The summed E-state index contributed by atoms with van der Waals surface area (Å²) in [5.74, 6) is 0.359. The van der Waals surface area contributed by atoms with Gasteiger partial charge >= 0.3 is 6.03 Å². The Balaban J connectivity index is 1.88. The summed E-state index contributed by atoms with van der Waals surface area (Å²) in [6.07, 6.45) is 3.62. The second-order valence-corrected chi connectivity index (χ2v) is 8.59. The molecule has 0 saturated carbocycles. The third-order valence-corrected chi connectivity index (χ3v) is 5.64. The van der Waals surface area contributed by atoms with Crippen LogP contribution < -0.4 is 10.2 Å². The van der Waals surface area contributed by atoms with Crippen LogP contribution in [0.25, 0.3) is 0 Å². The number of aryl methyl sites for hydroxylation is 1. The van der Waals surface area contributed by atoms with Crippen molar-refractivity contribution in [3.05, 3.63) is 28.8 Å². The highest BCUT2D eigenvalue weighted by atomic mass is 35.5. The summed E-state index contributed by atoms with van der Waals surface area (Å²) in [6, 6.07) is 5.61. The van der Waals surface area contributed by atoms with E-state index in [1.807, 2.05) is 18.2 Å². The number of urea groups is 1. The minimum Gasteiger partial charge on any atom is -0.368 e. The largest absolute Gasteiger partial charge is 0.368 e. The number of nitrogens with one attached hydrogen (secondary N) is 1. The Morgan fingerprint density at radius 2 is 1.79 bits per heavy atom. The first-order valence-corrected chi connectivity index (χ1v) is 10.8. The monoisotopic (exact) mass is 407 g/mol. The SMILES string of the molecule is CCC[C@@H](CCC(C)C)C(=O)NC(=O)N1CCN(c2cc(Cl)ccc2C)CC1. The summed E-state index contributed by atoms with van der Waals surface area (Å²) in [6.45, 7) is 11.1. The zero-order chi connectivity index (χ0) is 20.7. The molecule has 1 N–H and O–H groups in total. The first-order valence-electron chi connectivity index (χ1n) is 10.4. The normalized spacial score (nSPS) is 15.6. The molecule has 0 aliphatic carbocycles. The minimum absolute atomic E-state index is 0.0771. The highest BCUT2D eigenvalue weighted by molar-refractivity contribution is 6.30. The molecule has 0 aromatic heterocycles. The van der Waals surface area contributed by atoms with Gasteiger partial charge in [-0.3, -0.25) is 10.1 Å². The van der Waals surface area contributed by atoms with Crippen LogP contribution in [0.3, 0.4) is 0 Å². The fourth-order valence-electron chi connectivity index (χ4n) is 3.65. The molecule has 1 aromatic carbocycles. The molecule has 156 valence electrons. The van der Waals surface area contributed by atoms with Crippen LogP contribution in [0.2, 0.25) is 5.02 Å². The van der Waals surface area contributed by atoms with Gasteiger partial charge in [-0.15, -0.1) is 0 Å². The van der Waals surface area contributed by atoms with E-state index < -0.39 is 0 Å².